The largest absolute Gasteiger partial charge is 0.328 e. The number of benzene rings is 2. The molecule has 2 aromatic heterocycles. The van der Waals surface area contributed by atoms with Crippen molar-refractivity contribution in [1.29, 1.82) is 0 Å². The molecular formula is C24H19FN6O. The molecule has 5 rings (SSSR count). The van der Waals surface area contributed by atoms with E-state index in [0.717, 1.165) is 5.56 Å². The van der Waals surface area contributed by atoms with Crippen LogP contribution in [0.15, 0.2) is 90.4 Å². The summed E-state index contributed by atoms with van der Waals surface area (Å²) in [5, 5.41) is 10.8. The molecule has 0 fully saturated rings. The van der Waals surface area contributed by atoms with Crippen molar-refractivity contribution < 1.29 is 9.18 Å². The maximum absolute atomic E-state index is 13.6. The fourth-order valence-electron chi connectivity index (χ4n) is 3.74. The van der Waals surface area contributed by atoms with Crippen LogP contribution < -0.4 is 10.6 Å². The Morgan fingerprint density at radius 3 is 2.56 bits per heavy atom. The number of halogens is 1. The van der Waals surface area contributed by atoms with Gasteiger partial charge in [0.15, 0.2) is 5.82 Å². The Morgan fingerprint density at radius 1 is 1.06 bits per heavy atom. The SMILES string of the molecule is CC1=C(C(=O)Nc2ccccc2)C(c2ccc(F)cc2)n2nc(-c3cccnc3)nc2N1. The molecule has 4 aromatic rings. The maximum atomic E-state index is 13.6. The minimum Gasteiger partial charge on any atom is -0.328 e. The number of allylic oxidation sites excluding steroid dienone is 1. The van der Waals surface area contributed by atoms with Gasteiger partial charge in [-0.3, -0.25) is 9.78 Å². The summed E-state index contributed by atoms with van der Waals surface area (Å²) in [6.07, 6.45) is 3.36. The second-order valence-electron chi connectivity index (χ2n) is 7.38. The molecular weight excluding hydrogens is 407 g/mol. The third-order valence-electron chi connectivity index (χ3n) is 5.23. The second-order valence-corrected chi connectivity index (χ2v) is 7.38. The summed E-state index contributed by atoms with van der Waals surface area (Å²) in [6.45, 7) is 1.82. The Kier molecular flexibility index (Phi) is 4.95. The van der Waals surface area contributed by atoms with Gasteiger partial charge in [-0.15, -0.1) is 5.10 Å². The van der Waals surface area contributed by atoms with Gasteiger partial charge in [-0.2, -0.15) is 4.98 Å². The first-order valence-corrected chi connectivity index (χ1v) is 10.1. The van der Waals surface area contributed by atoms with Crippen molar-refractivity contribution in [1.82, 2.24) is 19.7 Å². The van der Waals surface area contributed by atoms with Crippen LogP contribution in [0.25, 0.3) is 11.4 Å². The molecule has 0 aliphatic carbocycles. The Bertz CT molecular complexity index is 1300. The molecule has 1 aliphatic heterocycles. The molecule has 0 saturated heterocycles. The van der Waals surface area contributed by atoms with Gasteiger partial charge in [-0.05, 0) is 48.9 Å². The van der Waals surface area contributed by atoms with Crippen molar-refractivity contribution in [3.05, 3.63) is 102 Å². The highest BCUT2D eigenvalue weighted by Gasteiger charge is 2.34. The number of aromatic nitrogens is 4. The van der Waals surface area contributed by atoms with E-state index in [0.29, 0.717) is 34.3 Å². The summed E-state index contributed by atoms with van der Waals surface area (Å²) in [4.78, 5) is 22.1. The standard InChI is InChI=1S/C24H19FN6O/c1-15-20(23(32)28-19-7-3-2-4-8-19)21(16-9-11-18(25)12-10-16)31-24(27-15)29-22(30-31)17-6-5-13-26-14-17/h2-14,21H,1H3,(H,28,32)(H,27,29,30). The van der Waals surface area contributed by atoms with Crippen LogP contribution in [0.4, 0.5) is 16.0 Å². The van der Waals surface area contributed by atoms with Crippen molar-refractivity contribution in [2.45, 2.75) is 13.0 Å². The van der Waals surface area contributed by atoms with Crippen molar-refractivity contribution >= 4 is 17.5 Å². The molecule has 0 spiro atoms. The summed E-state index contributed by atoms with van der Waals surface area (Å²) >= 11 is 0. The Balaban J connectivity index is 1.60. The van der Waals surface area contributed by atoms with E-state index in [4.69, 9.17) is 0 Å². The molecule has 1 aliphatic rings. The van der Waals surface area contributed by atoms with Gasteiger partial charge in [0.2, 0.25) is 5.95 Å². The minimum atomic E-state index is -0.589. The van der Waals surface area contributed by atoms with Crippen LogP contribution in [-0.2, 0) is 4.79 Å². The number of fused-ring (bicyclic) bond motifs is 1. The van der Waals surface area contributed by atoms with Gasteiger partial charge in [0.05, 0.1) is 5.57 Å². The minimum absolute atomic E-state index is 0.278. The lowest BCUT2D eigenvalue weighted by atomic mass is 9.95. The lowest BCUT2D eigenvalue weighted by Gasteiger charge is -2.28. The van der Waals surface area contributed by atoms with E-state index in [1.54, 1.807) is 29.2 Å². The average Bonchev–Trinajstić information content (AvgIpc) is 3.23. The third-order valence-corrected chi connectivity index (χ3v) is 5.23. The Labute approximate surface area is 183 Å². The summed E-state index contributed by atoms with van der Waals surface area (Å²) in [5.41, 5.74) is 3.26. The average molecular weight is 426 g/mol. The first kappa shape index (κ1) is 19.6. The zero-order valence-corrected chi connectivity index (χ0v) is 17.2. The van der Waals surface area contributed by atoms with Crippen LogP contribution in [0, 0.1) is 5.82 Å². The quantitative estimate of drug-likeness (QED) is 0.505. The number of rotatable bonds is 4. The summed E-state index contributed by atoms with van der Waals surface area (Å²) in [7, 11) is 0. The molecule has 1 amide bonds. The highest BCUT2D eigenvalue weighted by Crippen LogP contribution is 2.36. The van der Waals surface area contributed by atoms with Crippen LogP contribution in [-0.4, -0.2) is 25.7 Å². The number of para-hydroxylation sites is 1. The van der Waals surface area contributed by atoms with Crippen LogP contribution in [0.3, 0.4) is 0 Å². The molecule has 32 heavy (non-hydrogen) atoms. The summed E-state index contributed by atoms with van der Waals surface area (Å²) in [6, 6.07) is 18.4. The monoisotopic (exact) mass is 426 g/mol. The van der Waals surface area contributed by atoms with Crippen molar-refractivity contribution in [2.75, 3.05) is 10.6 Å². The fraction of sp³-hybridized carbons (Fsp3) is 0.0833. The molecule has 1 atom stereocenters. The molecule has 2 N–H and O–H groups in total. The molecule has 7 nitrogen and oxygen atoms in total. The normalized spacial score (nSPS) is 15.1. The van der Waals surface area contributed by atoms with Crippen LogP contribution in [0.1, 0.15) is 18.5 Å². The topological polar surface area (TPSA) is 84.7 Å². The third kappa shape index (κ3) is 3.62. The zero-order chi connectivity index (χ0) is 22.1. The van der Waals surface area contributed by atoms with Crippen molar-refractivity contribution in [3.8, 4) is 11.4 Å². The number of hydrogen-bond donors (Lipinski definition) is 2. The van der Waals surface area contributed by atoms with Crippen LogP contribution >= 0.6 is 0 Å². The fourth-order valence-corrected chi connectivity index (χ4v) is 3.74. The Hall–Kier alpha value is -4.33. The van der Waals surface area contributed by atoms with Gasteiger partial charge in [0.1, 0.15) is 11.9 Å². The molecule has 8 heteroatoms. The number of amides is 1. The number of anilines is 2. The van der Waals surface area contributed by atoms with Gasteiger partial charge < -0.3 is 10.6 Å². The lowest BCUT2D eigenvalue weighted by Crippen LogP contribution is -2.31. The van der Waals surface area contributed by atoms with E-state index < -0.39 is 6.04 Å². The molecule has 0 saturated carbocycles. The molecule has 0 radical (unpaired) electrons. The number of pyridine rings is 1. The number of nitrogens with one attached hydrogen (secondary N) is 2. The lowest BCUT2D eigenvalue weighted by molar-refractivity contribution is -0.113. The molecule has 0 bridgehead atoms. The predicted octanol–water partition coefficient (Wildman–Crippen LogP) is 4.41. The number of carbonyl (C=O) groups excluding carboxylic acids is 1. The summed E-state index contributed by atoms with van der Waals surface area (Å²) in [5.74, 6) is 0.338. The van der Waals surface area contributed by atoms with E-state index in [-0.39, 0.29) is 11.7 Å². The number of hydrogen-bond acceptors (Lipinski definition) is 5. The van der Waals surface area contributed by atoms with E-state index in [2.05, 4.69) is 25.7 Å². The number of nitrogens with zero attached hydrogens (tertiary/aromatic N) is 4. The van der Waals surface area contributed by atoms with Gasteiger partial charge in [-0.25, -0.2) is 9.07 Å². The summed E-state index contributed by atoms with van der Waals surface area (Å²) < 4.78 is 15.3. The van der Waals surface area contributed by atoms with E-state index in [9.17, 15) is 9.18 Å². The molecule has 2 aromatic carbocycles. The number of carbonyl (C=O) groups is 1. The van der Waals surface area contributed by atoms with Crippen molar-refractivity contribution in [2.24, 2.45) is 0 Å². The highest BCUT2D eigenvalue weighted by molar-refractivity contribution is 6.06. The van der Waals surface area contributed by atoms with Gasteiger partial charge in [-0.1, -0.05) is 30.3 Å². The van der Waals surface area contributed by atoms with E-state index in [1.807, 2.05) is 49.4 Å². The molecule has 158 valence electrons. The molecule has 1 unspecified atom stereocenters. The van der Waals surface area contributed by atoms with E-state index >= 15 is 0 Å². The maximum Gasteiger partial charge on any atom is 0.255 e. The van der Waals surface area contributed by atoms with Gasteiger partial charge in [0.25, 0.3) is 5.91 Å². The second kappa shape index (κ2) is 8.07. The first-order chi connectivity index (χ1) is 15.6. The Morgan fingerprint density at radius 2 is 1.84 bits per heavy atom. The van der Waals surface area contributed by atoms with Gasteiger partial charge >= 0.3 is 0 Å². The van der Waals surface area contributed by atoms with Gasteiger partial charge in [0, 0.05) is 29.3 Å². The smallest absolute Gasteiger partial charge is 0.255 e. The van der Waals surface area contributed by atoms with Crippen molar-refractivity contribution in [3.63, 3.8) is 0 Å². The predicted molar refractivity (Wildman–Crippen MR) is 119 cm³/mol. The highest BCUT2D eigenvalue weighted by atomic mass is 19.1. The van der Waals surface area contributed by atoms with Crippen LogP contribution in [0.5, 0.6) is 0 Å². The first-order valence-electron chi connectivity index (χ1n) is 10.1. The van der Waals surface area contributed by atoms with Crippen LogP contribution in [0.2, 0.25) is 0 Å². The molecule has 3 heterocycles. The zero-order valence-electron chi connectivity index (χ0n) is 17.2. The van der Waals surface area contributed by atoms with E-state index in [1.165, 1.54) is 12.1 Å².